The van der Waals surface area contributed by atoms with Crippen molar-refractivity contribution in [2.75, 3.05) is 0 Å². The molecule has 0 aliphatic carbocycles. The number of ether oxygens (including phenoxy) is 1. The predicted octanol–water partition coefficient (Wildman–Crippen LogP) is 7.13. The molecule has 0 N–H and O–H groups in total. The highest BCUT2D eigenvalue weighted by molar-refractivity contribution is 9.10. The summed E-state index contributed by atoms with van der Waals surface area (Å²) in [5, 5.41) is 0. The van der Waals surface area contributed by atoms with Crippen LogP contribution in [0.25, 0.3) is 0 Å². The Morgan fingerprint density at radius 2 is 1.00 bits per heavy atom. The van der Waals surface area contributed by atoms with Crippen LogP contribution in [0.3, 0.4) is 0 Å². The largest absolute Gasteiger partial charge is 0.457 e. The summed E-state index contributed by atoms with van der Waals surface area (Å²) in [5.74, 6) is -7.92. The highest BCUT2D eigenvalue weighted by Crippen LogP contribution is 2.49. The SMILES string of the molecule is FC(F)(c1ccc(Br)cc1)C(F)(F)c1ccc(Oc2ccccc2)cc1. The van der Waals surface area contributed by atoms with Crippen molar-refractivity contribution in [2.45, 2.75) is 11.8 Å². The van der Waals surface area contributed by atoms with Gasteiger partial charge in [0.2, 0.25) is 0 Å². The third-order valence-corrected chi connectivity index (χ3v) is 4.33. The van der Waals surface area contributed by atoms with Crippen LogP contribution in [-0.4, -0.2) is 0 Å². The third-order valence-electron chi connectivity index (χ3n) is 3.80. The topological polar surface area (TPSA) is 9.23 Å². The quantitative estimate of drug-likeness (QED) is 0.396. The average molecular weight is 425 g/mol. The maximum atomic E-state index is 14.5. The van der Waals surface area contributed by atoms with Gasteiger partial charge in [0.15, 0.2) is 0 Å². The number of hydrogen-bond acceptors (Lipinski definition) is 1. The van der Waals surface area contributed by atoms with E-state index in [2.05, 4.69) is 15.9 Å². The van der Waals surface area contributed by atoms with E-state index in [0.29, 0.717) is 10.2 Å². The zero-order chi connectivity index (χ0) is 18.8. The first kappa shape index (κ1) is 18.5. The zero-order valence-electron chi connectivity index (χ0n) is 13.3. The summed E-state index contributed by atoms with van der Waals surface area (Å²) in [6.45, 7) is 0. The minimum Gasteiger partial charge on any atom is -0.457 e. The second-order valence-corrected chi connectivity index (χ2v) is 6.51. The van der Waals surface area contributed by atoms with Crippen LogP contribution in [0.15, 0.2) is 83.3 Å². The summed E-state index contributed by atoms with van der Waals surface area (Å²) in [5.41, 5.74) is -1.54. The third kappa shape index (κ3) is 3.60. The molecule has 0 heterocycles. The summed E-state index contributed by atoms with van der Waals surface area (Å²) in [6.07, 6.45) is 0. The molecule has 1 nitrogen and oxygen atoms in total. The van der Waals surface area contributed by atoms with Crippen LogP contribution in [0.1, 0.15) is 11.1 Å². The highest BCUT2D eigenvalue weighted by Gasteiger charge is 2.58. The summed E-state index contributed by atoms with van der Waals surface area (Å²) < 4.78 is 63.8. The normalized spacial score (nSPS) is 12.0. The maximum absolute atomic E-state index is 14.5. The molecule has 0 aliphatic rings. The lowest BCUT2D eigenvalue weighted by atomic mass is 9.96. The number of halogens is 5. The molecule has 0 fully saturated rings. The molecule has 26 heavy (non-hydrogen) atoms. The Labute approximate surface area is 156 Å². The van der Waals surface area contributed by atoms with Gasteiger partial charge in [0.05, 0.1) is 0 Å². The molecule has 0 amide bonds. The second-order valence-electron chi connectivity index (χ2n) is 5.60. The monoisotopic (exact) mass is 424 g/mol. The van der Waals surface area contributed by atoms with Crippen molar-refractivity contribution in [1.29, 1.82) is 0 Å². The van der Waals surface area contributed by atoms with Crippen LogP contribution in [0.4, 0.5) is 17.6 Å². The van der Waals surface area contributed by atoms with Crippen molar-refractivity contribution in [1.82, 2.24) is 0 Å². The molecule has 0 bridgehead atoms. The fourth-order valence-corrected chi connectivity index (χ4v) is 2.64. The molecule has 0 aliphatic heterocycles. The minimum absolute atomic E-state index is 0.280. The first-order chi connectivity index (χ1) is 12.3. The Morgan fingerprint density at radius 1 is 0.577 bits per heavy atom. The number of para-hydroxylation sites is 1. The van der Waals surface area contributed by atoms with Gasteiger partial charge in [-0.2, -0.15) is 17.6 Å². The van der Waals surface area contributed by atoms with Crippen LogP contribution in [0.5, 0.6) is 11.5 Å². The van der Waals surface area contributed by atoms with Gasteiger partial charge < -0.3 is 4.74 Å². The molecule has 0 unspecified atom stereocenters. The van der Waals surface area contributed by atoms with E-state index in [1.807, 2.05) is 0 Å². The van der Waals surface area contributed by atoms with Gasteiger partial charge in [0.25, 0.3) is 0 Å². The fraction of sp³-hybridized carbons (Fsp3) is 0.100. The Kier molecular flexibility index (Phi) is 5.05. The van der Waals surface area contributed by atoms with Gasteiger partial charge in [-0.15, -0.1) is 0 Å². The van der Waals surface area contributed by atoms with E-state index in [0.717, 1.165) is 24.3 Å². The first-order valence-electron chi connectivity index (χ1n) is 7.66. The molecule has 6 heteroatoms. The molecule has 3 aromatic carbocycles. The van der Waals surface area contributed by atoms with E-state index in [9.17, 15) is 17.6 Å². The second kappa shape index (κ2) is 7.11. The van der Waals surface area contributed by atoms with Crippen LogP contribution in [0.2, 0.25) is 0 Å². The molecule has 0 atom stereocenters. The molecule has 134 valence electrons. The van der Waals surface area contributed by atoms with Crippen molar-refractivity contribution in [3.05, 3.63) is 94.5 Å². The van der Waals surface area contributed by atoms with Crippen molar-refractivity contribution in [2.24, 2.45) is 0 Å². The van der Waals surface area contributed by atoms with Crippen molar-refractivity contribution in [3.63, 3.8) is 0 Å². The van der Waals surface area contributed by atoms with E-state index < -0.39 is 23.0 Å². The van der Waals surface area contributed by atoms with Gasteiger partial charge in [-0.1, -0.05) is 46.3 Å². The molecule has 3 rings (SSSR count). The minimum atomic E-state index is -4.37. The van der Waals surface area contributed by atoms with Gasteiger partial charge >= 0.3 is 11.8 Å². The average Bonchev–Trinajstić information content (AvgIpc) is 2.63. The van der Waals surface area contributed by atoms with Gasteiger partial charge in [0, 0.05) is 15.6 Å². The molecule has 3 aromatic rings. The number of alkyl halides is 4. The van der Waals surface area contributed by atoms with Gasteiger partial charge in [-0.3, -0.25) is 0 Å². The van der Waals surface area contributed by atoms with Gasteiger partial charge in [-0.25, -0.2) is 0 Å². The number of benzene rings is 3. The van der Waals surface area contributed by atoms with E-state index >= 15 is 0 Å². The van der Waals surface area contributed by atoms with Crippen LogP contribution in [-0.2, 0) is 11.8 Å². The lowest BCUT2D eigenvalue weighted by Crippen LogP contribution is -2.35. The van der Waals surface area contributed by atoms with Crippen LogP contribution in [0, 0.1) is 0 Å². The summed E-state index contributed by atoms with van der Waals surface area (Å²) in [7, 11) is 0. The summed E-state index contributed by atoms with van der Waals surface area (Å²) in [6, 6.07) is 17.7. The summed E-state index contributed by atoms with van der Waals surface area (Å²) in [4.78, 5) is 0. The Balaban J connectivity index is 1.85. The first-order valence-corrected chi connectivity index (χ1v) is 8.45. The molecule has 0 saturated carbocycles. The van der Waals surface area contributed by atoms with E-state index in [-0.39, 0.29) is 5.75 Å². The molecular formula is C20H13BrF4O. The fourth-order valence-electron chi connectivity index (χ4n) is 2.38. The Hall–Kier alpha value is -2.34. The highest BCUT2D eigenvalue weighted by atomic mass is 79.9. The number of hydrogen-bond donors (Lipinski definition) is 0. The van der Waals surface area contributed by atoms with E-state index in [1.165, 1.54) is 24.3 Å². The maximum Gasteiger partial charge on any atom is 0.339 e. The molecule has 0 spiro atoms. The van der Waals surface area contributed by atoms with Gasteiger partial charge in [0.1, 0.15) is 11.5 Å². The van der Waals surface area contributed by atoms with Crippen molar-refractivity contribution < 1.29 is 22.3 Å². The lowest BCUT2D eigenvalue weighted by Gasteiger charge is -2.27. The van der Waals surface area contributed by atoms with Gasteiger partial charge in [-0.05, 0) is 48.5 Å². The smallest absolute Gasteiger partial charge is 0.339 e. The van der Waals surface area contributed by atoms with E-state index in [4.69, 9.17) is 4.74 Å². The predicted molar refractivity (Wildman–Crippen MR) is 94.9 cm³/mol. The summed E-state index contributed by atoms with van der Waals surface area (Å²) >= 11 is 3.10. The molecular weight excluding hydrogens is 412 g/mol. The van der Waals surface area contributed by atoms with Crippen LogP contribution < -0.4 is 4.74 Å². The number of rotatable bonds is 5. The zero-order valence-corrected chi connectivity index (χ0v) is 14.9. The Morgan fingerprint density at radius 3 is 1.50 bits per heavy atom. The standard InChI is InChI=1S/C20H13BrF4O/c21-16-10-6-14(7-11-16)19(22,23)20(24,25)15-8-12-18(13-9-15)26-17-4-2-1-3-5-17/h1-13H. The van der Waals surface area contributed by atoms with E-state index in [1.54, 1.807) is 30.3 Å². The Bertz CT molecular complexity index is 863. The van der Waals surface area contributed by atoms with Crippen LogP contribution >= 0.6 is 15.9 Å². The lowest BCUT2D eigenvalue weighted by molar-refractivity contribution is -0.223. The molecule has 0 aromatic heterocycles. The molecule has 0 radical (unpaired) electrons. The van der Waals surface area contributed by atoms with Crippen molar-refractivity contribution in [3.8, 4) is 11.5 Å². The van der Waals surface area contributed by atoms with Crippen molar-refractivity contribution >= 4 is 15.9 Å². The molecule has 0 saturated heterocycles.